The number of piperidine rings is 2. The van der Waals surface area contributed by atoms with E-state index in [4.69, 9.17) is 4.18 Å². The number of hydrogen-bond acceptors (Lipinski definition) is 7. The Hall–Kier alpha value is -1.68. The highest BCUT2D eigenvalue weighted by Crippen LogP contribution is 2.22. The van der Waals surface area contributed by atoms with Gasteiger partial charge < -0.3 is 19.9 Å². The van der Waals surface area contributed by atoms with E-state index in [1.54, 1.807) is 24.3 Å². The highest BCUT2D eigenvalue weighted by molar-refractivity contribution is 7.87. The predicted molar refractivity (Wildman–Crippen MR) is 161 cm³/mol. The van der Waals surface area contributed by atoms with Crippen molar-refractivity contribution in [3.8, 4) is 5.75 Å². The fourth-order valence-electron chi connectivity index (χ4n) is 6.05. The molecule has 0 radical (unpaired) electrons. The van der Waals surface area contributed by atoms with E-state index in [1.165, 1.54) is 38.5 Å². The van der Waals surface area contributed by atoms with Gasteiger partial charge in [0.25, 0.3) is 0 Å². The van der Waals surface area contributed by atoms with Crippen molar-refractivity contribution in [3.05, 3.63) is 29.8 Å². The lowest BCUT2D eigenvalue weighted by Crippen LogP contribution is -2.44. The van der Waals surface area contributed by atoms with E-state index in [9.17, 15) is 18.3 Å². The summed E-state index contributed by atoms with van der Waals surface area (Å²) in [5, 5.41) is 17.1. The first-order valence-corrected chi connectivity index (χ1v) is 17.3. The Morgan fingerprint density at radius 1 is 0.900 bits per heavy atom. The van der Waals surface area contributed by atoms with Gasteiger partial charge in [-0.1, -0.05) is 51.2 Å². The van der Waals surface area contributed by atoms with Crippen molar-refractivity contribution in [2.45, 2.75) is 96.4 Å². The summed E-state index contributed by atoms with van der Waals surface area (Å²) >= 11 is 0. The summed E-state index contributed by atoms with van der Waals surface area (Å²) in [5.74, 6) is 1.07. The van der Waals surface area contributed by atoms with Crippen molar-refractivity contribution in [1.82, 2.24) is 15.5 Å². The monoisotopic (exact) mass is 579 g/mol. The first-order valence-electron chi connectivity index (χ1n) is 15.8. The van der Waals surface area contributed by atoms with Crippen LogP contribution in [0.2, 0.25) is 0 Å². The lowest BCUT2D eigenvalue weighted by molar-refractivity contribution is -0.143. The SMILES string of the molecule is CCCCS(=O)(=O)Oc1ccc(C[C@@H](C(=O)O)N(CCCCC2CCNCC2)CCCCC2CCNCC2)cc1. The Bertz CT molecular complexity index is 918. The van der Waals surface area contributed by atoms with E-state index in [0.717, 1.165) is 88.8 Å². The van der Waals surface area contributed by atoms with Gasteiger partial charge in [-0.05, 0) is 120 Å². The summed E-state index contributed by atoms with van der Waals surface area (Å²) in [4.78, 5) is 14.7. The summed E-state index contributed by atoms with van der Waals surface area (Å²) in [6, 6.07) is 6.28. The van der Waals surface area contributed by atoms with Gasteiger partial charge in [0.05, 0.1) is 5.75 Å². The minimum atomic E-state index is -3.61. The molecule has 2 aliphatic rings. The average Bonchev–Trinajstić information content (AvgIpc) is 2.96. The third-order valence-corrected chi connectivity index (χ3v) is 9.82. The molecule has 0 aromatic heterocycles. The molecule has 3 N–H and O–H groups in total. The van der Waals surface area contributed by atoms with E-state index < -0.39 is 22.1 Å². The number of carboxylic acids is 1. The van der Waals surface area contributed by atoms with E-state index in [1.807, 2.05) is 6.92 Å². The molecule has 9 heteroatoms. The fraction of sp³-hybridized carbons (Fsp3) is 0.774. The van der Waals surface area contributed by atoms with Gasteiger partial charge in [0.1, 0.15) is 11.8 Å². The van der Waals surface area contributed by atoms with Gasteiger partial charge in [0.2, 0.25) is 0 Å². The third kappa shape index (κ3) is 12.5. The summed E-state index contributed by atoms with van der Waals surface area (Å²) in [5.41, 5.74) is 0.875. The van der Waals surface area contributed by atoms with E-state index in [-0.39, 0.29) is 11.5 Å². The Morgan fingerprint density at radius 2 is 1.43 bits per heavy atom. The van der Waals surface area contributed by atoms with E-state index in [2.05, 4.69) is 15.5 Å². The largest absolute Gasteiger partial charge is 0.480 e. The smallest absolute Gasteiger partial charge is 0.321 e. The topological polar surface area (TPSA) is 108 Å². The van der Waals surface area contributed by atoms with Crippen LogP contribution in [0.3, 0.4) is 0 Å². The molecule has 2 saturated heterocycles. The zero-order valence-electron chi connectivity index (χ0n) is 24.6. The van der Waals surface area contributed by atoms with Crippen LogP contribution in [0.15, 0.2) is 24.3 Å². The lowest BCUT2D eigenvalue weighted by Gasteiger charge is -2.30. The number of unbranched alkanes of at least 4 members (excludes halogenated alkanes) is 3. The van der Waals surface area contributed by atoms with Crippen LogP contribution in [0.5, 0.6) is 5.75 Å². The molecule has 40 heavy (non-hydrogen) atoms. The highest BCUT2D eigenvalue weighted by atomic mass is 32.2. The van der Waals surface area contributed by atoms with Gasteiger partial charge in [-0.2, -0.15) is 8.42 Å². The van der Waals surface area contributed by atoms with E-state index in [0.29, 0.717) is 12.8 Å². The summed E-state index contributed by atoms with van der Waals surface area (Å²) in [6.45, 7) is 7.99. The number of rotatable bonds is 19. The molecule has 8 nitrogen and oxygen atoms in total. The van der Waals surface area contributed by atoms with Crippen LogP contribution in [-0.4, -0.2) is 75.5 Å². The standard InChI is InChI=1S/C31H53N3O5S/c1-2-3-24-40(37,38)39-29-12-10-28(11-13-29)25-30(31(35)36)34(22-6-4-8-26-14-18-32-19-15-26)23-7-5-9-27-16-20-33-21-17-27/h10-13,26-27,30,32-33H,2-9,14-25H2,1H3,(H,35,36)/t30-/m0/s1. The van der Waals surface area contributed by atoms with Crippen LogP contribution in [0.4, 0.5) is 0 Å². The molecular weight excluding hydrogens is 526 g/mol. The normalized spacial score (nSPS) is 18.1. The number of benzene rings is 1. The van der Waals surface area contributed by atoms with Crippen LogP contribution >= 0.6 is 0 Å². The molecule has 0 unspecified atom stereocenters. The van der Waals surface area contributed by atoms with Crippen LogP contribution in [0, 0.1) is 11.8 Å². The number of aliphatic carboxylic acids is 1. The van der Waals surface area contributed by atoms with Gasteiger partial charge in [0.15, 0.2) is 0 Å². The zero-order chi connectivity index (χ0) is 28.6. The molecule has 2 aliphatic heterocycles. The van der Waals surface area contributed by atoms with Gasteiger partial charge in [-0.15, -0.1) is 0 Å². The number of nitrogens with zero attached hydrogens (tertiary/aromatic N) is 1. The average molecular weight is 580 g/mol. The van der Waals surface area contributed by atoms with E-state index >= 15 is 0 Å². The van der Waals surface area contributed by atoms with Crippen LogP contribution < -0.4 is 14.8 Å². The molecule has 0 amide bonds. The minimum Gasteiger partial charge on any atom is -0.480 e. The van der Waals surface area contributed by atoms with Crippen molar-refractivity contribution < 1.29 is 22.5 Å². The second-order valence-electron chi connectivity index (χ2n) is 11.8. The molecule has 0 bridgehead atoms. The van der Waals surface area contributed by atoms with Crippen molar-refractivity contribution in [2.24, 2.45) is 11.8 Å². The second kappa shape index (κ2) is 18.0. The Labute approximate surface area is 242 Å². The number of nitrogens with one attached hydrogen (secondary N) is 2. The Morgan fingerprint density at radius 3 is 1.90 bits per heavy atom. The molecule has 3 rings (SSSR count). The maximum Gasteiger partial charge on any atom is 0.321 e. The predicted octanol–water partition coefficient (Wildman–Crippen LogP) is 4.83. The second-order valence-corrected chi connectivity index (χ2v) is 13.5. The first kappa shape index (κ1) is 32.8. The minimum absolute atomic E-state index is 0.00340. The quantitative estimate of drug-likeness (QED) is 0.158. The van der Waals surface area contributed by atoms with Gasteiger partial charge in [-0.3, -0.25) is 9.69 Å². The molecule has 1 aromatic carbocycles. The van der Waals surface area contributed by atoms with Crippen LogP contribution in [0.25, 0.3) is 0 Å². The Kier molecular flexibility index (Phi) is 14.8. The maximum atomic E-state index is 12.5. The van der Waals surface area contributed by atoms with Gasteiger partial charge >= 0.3 is 16.1 Å². The summed E-state index contributed by atoms with van der Waals surface area (Å²) in [7, 11) is -3.61. The highest BCUT2D eigenvalue weighted by Gasteiger charge is 2.26. The molecule has 1 atom stereocenters. The third-order valence-electron chi connectivity index (χ3n) is 8.58. The summed E-state index contributed by atoms with van der Waals surface area (Å²) < 4.78 is 29.5. The molecule has 0 saturated carbocycles. The molecular formula is C31H53N3O5S. The zero-order valence-corrected chi connectivity index (χ0v) is 25.4. The van der Waals surface area contributed by atoms with Crippen molar-refractivity contribution in [1.29, 1.82) is 0 Å². The number of hydrogen-bond donors (Lipinski definition) is 3. The molecule has 0 aliphatic carbocycles. The molecule has 1 aromatic rings. The maximum absolute atomic E-state index is 12.5. The summed E-state index contributed by atoms with van der Waals surface area (Å²) in [6.07, 6.45) is 13.5. The first-order chi connectivity index (χ1) is 19.4. The Balaban J connectivity index is 1.57. The van der Waals surface area contributed by atoms with Crippen molar-refractivity contribution >= 4 is 16.1 Å². The molecule has 0 spiro atoms. The van der Waals surface area contributed by atoms with Gasteiger partial charge in [0, 0.05) is 0 Å². The van der Waals surface area contributed by atoms with Crippen LogP contribution in [0.1, 0.15) is 89.5 Å². The van der Waals surface area contributed by atoms with Crippen molar-refractivity contribution in [3.63, 3.8) is 0 Å². The lowest BCUT2D eigenvalue weighted by atomic mass is 9.92. The van der Waals surface area contributed by atoms with Gasteiger partial charge in [-0.25, -0.2) is 0 Å². The van der Waals surface area contributed by atoms with Crippen LogP contribution in [-0.2, 0) is 21.3 Å². The number of carbonyl (C=O) groups is 1. The number of carboxylic acid groups (broad SMARTS) is 1. The molecule has 228 valence electrons. The van der Waals surface area contributed by atoms with Crippen molar-refractivity contribution in [2.75, 3.05) is 45.0 Å². The molecule has 2 fully saturated rings. The fourth-order valence-corrected chi connectivity index (χ4v) is 7.18. The molecule has 2 heterocycles.